The minimum atomic E-state index is 0.108. The summed E-state index contributed by atoms with van der Waals surface area (Å²) in [6.07, 6.45) is 0.552. The molecule has 1 amide bonds. The third-order valence-corrected chi connectivity index (χ3v) is 3.26. The monoisotopic (exact) mass is 221 g/mol. The second-order valence-corrected chi connectivity index (χ2v) is 4.50. The second kappa shape index (κ2) is 4.43. The number of nitrogens with one attached hydrogen (secondary N) is 2. The van der Waals surface area contributed by atoms with Crippen molar-refractivity contribution in [2.24, 2.45) is 0 Å². The molecule has 0 aromatic carbocycles. The first-order chi connectivity index (χ1) is 7.28. The predicted molar refractivity (Wildman–Crippen MR) is 57.3 cm³/mol. The lowest BCUT2D eigenvalue weighted by Crippen LogP contribution is -2.30. The van der Waals surface area contributed by atoms with Crippen molar-refractivity contribution in [1.29, 1.82) is 5.26 Å². The first-order valence-electron chi connectivity index (χ1n) is 4.75. The van der Waals surface area contributed by atoms with Crippen LogP contribution < -0.4 is 10.6 Å². The number of nitriles is 1. The van der Waals surface area contributed by atoms with E-state index in [1.807, 2.05) is 11.4 Å². The molecule has 0 saturated carbocycles. The van der Waals surface area contributed by atoms with Crippen LogP contribution in [0.1, 0.15) is 16.9 Å². The molecule has 1 atom stereocenters. The van der Waals surface area contributed by atoms with E-state index >= 15 is 0 Å². The summed E-state index contributed by atoms with van der Waals surface area (Å²) in [6, 6.07) is 4.20. The van der Waals surface area contributed by atoms with E-state index < -0.39 is 0 Å². The van der Waals surface area contributed by atoms with Gasteiger partial charge >= 0.3 is 0 Å². The van der Waals surface area contributed by atoms with Crippen LogP contribution in [0.2, 0.25) is 0 Å². The topological polar surface area (TPSA) is 64.9 Å². The zero-order valence-electron chi connectivity index (χ0n) is 8.12. The number of hydrogen-bond donors (Lipinski definition) is 2. The van der Waals surface area contributed by atoms with E-state index in [0.717, 1.165) is 11.4 Å². The maximum Gasteiger partial charge on any atom is 0.221 e. The molecule has 0 radical (unpaired) electrons. The summed E-state index contributed by atoms with van der Waals surface area (Å²) < 4.78 is 0. The molecule has 0 aliphatic carbocycles. The first-order valence-corrected chi connectivity index (χ1v) is 5.63. The Hall–Kier alpha value is -1.38. The third-order valence-electron chi connectivity index (χ3n) is 2.33. The van der Waals surface area contributed by atoms with Crippen LogP contribution in [0.4, 0.5) is 0 Å². The number of nitrogens with zero attached hydrogens (tertiary/aromatic N) is 1. The Kier molecular flexibility index (Phi) is 2.99. The molecule has 1 fully saturated rings. The summed E-state index contributed by atoms with van der Waals surface area (Å²) in [6.45, 7) is 1.43. The number of hydrogen-bond acceptors (Lipinski definition) is 4. The van der Waals surface area contributed by atoms with Crippen LogP contribution in [0.3, 0.4) is 0 Å². The number of carbonyl (C=O) groups is 1. The Morgan fingerprint density at radius 1 is 1.73 bits per heavy atom. The molecule has 78 valence electrons. The molecule has 15 heavy (non-hydrogen) atoms. The van der Waals surface area contributed by atoms with Crippen molar-refractivity contribution >= 4 is 17.2 Å². The minimum absolute atomic E-state index is 0.108. The van der Waals surface area contributed by atoms with Gasteiger partial charge in [-0.05, 0) is 6.07 Å². The van der Waals surface area contributed by atoms with Crippen LogP contribution in [0.5, 0.6) is 0 Å². The van der Waals surface area contributed by atoms with E-state index in [2.05, 4.69) is 16.7 Å². The lowest BCUT2D eigenvalue weighted by Gasteiger charge is -2.07. The average Bonchev–Trinajstić information content (AvgIpc) is 2.83. The molecule has 2 rings (SSSR count). The highest BCUT2D eigenvalue weighted by molar-refractivity contribution is 7.10. The molecule has 1 unspecified atom stereocenters. The highest BCUT2D eigenvalue weighted by atomic mass is 32.1. The Morgan fingerprint density at radius 2 is 2.60 bits per heavy atom. The maximum atomic E-state index is 10.9. The number of rotatable bonds is 3. The van der Waals surface area contributed by atoms with Crippen LogP contribution in [-0.2, 0) is 11.3 Å². The highest BCUT2D eigenvalue weighted by Gasteiger charge is 2.20. The Balaban J connectivity index is 1.83. The Morgan fingerprint density at radius 3 is 3.20 bits per heavy atom. The molecule has 1 aliphatic heterocycles. The van der Waals surface area contributed by atoms with Gasteiger partial charge in [0.2, 0.25) is 5.91 Å². The molecule has 0 bridgehead atoms. The summed E-state index contributed by atoms with van der Waals surface area (Å²) >= 11 is 1.57. The lowest BCUT2D eigenvalue weighted by atomic mass is 10.2. The minimum Gasteiger partial charge on any atom is -0.354 e. The molecule has 4 nitrogen and oxygen atoms in total. The quantitative estimate of drug-likeness (QED) is 0.785. The van der Waals surface area contributed by atoms with E-state index in [0.29, 0.717) is 18.5 Å². The van der Waals surface area contributed by atoms with Gasteiger partial charge in [0.05, 0.1) is 5.56 Å². The molecule has 0 spiro atoms. The van der Waals surface area contributed by atoms with E-state index in [4.69, 9.17) is 5.26 Å². The molecule has 1 saturated heterocycles. The van der Waals surface area contributed by atoms with Crippen LogP contribution in [0, 0.1) is 11.3 Å². The molecular formula is C10H11N3OS. The second-order valence-electron chi connectivity index (χ2n) is 3.50. The van der Waals surface area contributed by atoms with Gasteiger partial charge in [0, 0.05) is 35.8 Å². The summed E-state index contributed by atoms with van der Waals surface area (Å²) in [7, 11) is 0. The molecule has 2 N–H and O–H groups in total. The highest BCUT2D eigenvalue weighted by Crippen LogP contribution is 2.14. The van der Waals surface area contributed by atoms with Gasteiger partial charge in [0.25, 0.3) is 0 Å². The zero-order valence-corrected chi connectivity index (χ0v) is 8.93. The standard InChI is InChI=1S/C10H11N3OS/c11-3-7-1-9(15-6-7)5-12-8-2-10(14)13-4-8/h1,6,8,12H,2,4-5H2,(H,13,14). The van der Waals surface area contributed by atoms with Crippen molar-refractivity contribution in [3.05, 3.63) is 21.9 Å². The van der Waals surface area contributed by atoms with Crippen molar-refractivity contribution in [2.75, 3.05) is 6.54 Å². The smallest absolute Gasteiger partial charge is 0.221 e. The normalized spacial score (nSPS) is 19.9. The van der Waals surface area contributed by atoms with Crippen molar-refractivity contribution < 1.29 is 4.79 Å². The summed E-state index contributed by atoms with van der Waals surface area (Å²) in [4.78, 5) is 12.1. The molecule has 5 heteroatoms. The van der Waals surface area contributed by atoms with E-state index in [1.54, 1.807) is 11.3 Å². The van der Waals surface area contributed by atoms with Gasteiger partial charge < -0.3 is 10.6 Å². The fourth-order valence-corrected chi connectivity index (χ4v) is 2.29. The SMILES string of the molecule is N#Cc1csc(CNC2CNC(=O)C2)c1. The maximum absolute atomic E-state index is 10.9. The summed E-state index contributed by atoms with van der Waals surface area (Å²) in [5.41, 5.74) is 0.706. The van der Waals surface area contributed by atoms with Crippen LogP contribution in [0.25, 0.3) is 0 Å². The molecular weight excluding hydrogens is 210 g/mol. The van der Waals surface area contributed by atoms with Gasteiger partial charge in [0.1, 0.15) is 6.07 Å². The Bertz CT molecular complexity index is 407. The number of carbonyl (C=O) groups excluding carboxylic acids is 1. The number of thiophene rings is 1. The molecule has 1 aromatic rings. The van der Waals surface area contributed by atoms with Crippen LogP contribution in [-0.4, -0.2) is 18.5 Å². The fraction of sp³-hybridized carbons (Fsp3) is 0.400. The molecule has 1 aromatic heterocycles. The third kappa shape index (κ3) is 2.55. The van der Waals surface area contributed by atoms with Crippen molar-refractivity contribution in [2.45, 2.75) is 19.0 Å². The largest absolute Gasteiger partial charge is 0.354 e. The number of amides is 1. The van der Waals surface area contributed by atoms with Crippen molar-refractivity contribution in [3.8, 4) is 6.07 Å². The fourth-order valence-electron chi connectivity index (χ4n) is 1.53. The van der Waals surface area contributed by atoms with Gasteiger partial charge in [-0.15, -0.1) is 11.3 Å². The van der Waals surface area contributed by atoms with Gasteiger partial charge in [-0.1, -0.05) is 0 Å². The van der Waals surface area contributed by atoms with Crippen molar-refractivity contribution in [3.63, 3.8) is 0 Å². The molecule has 2 heterocycles. The average molecular weight is 221 g/mol. The van der Waals surface area contributed by atoms with Crippen molar-refractivity contribution in [1.82, 2.24) is 10.6 Å². The lowest BCUT2D eigenvalue weighted by molar-refractivity contribution is -0.119. The van der Waals surface area contributed by atoms with E-state index in [-0.39, 0.29) is 11.9 Å². The van der Waals surface area contributed by atoms with Gasteiger partial charge in [-0.2, -0.15) is 5.26 Å². The summed E-state index contributed by atoms with van der Waals surface area (Å²) in [5.74, 6) is 0.108. The first kappa shape index (κ1) is 10.1. The molecule has 1 aliphatic rings. The van der Waals surface area contributed by atoms with Gasteiger partial charge in [-0.25, -0.2) is 0 Å². The predicted octanol–water partition coefficient (Wildman–Crippen LogP) is 0.598. The zero-order chi connectivity index (χ0) is 10.7. The van der Waals surface area contributed by atoms with Crippen LogP contribution in [0.15, 0.2) is 11.4 Å². The van der Waals surface area contributed by atoms with E-state index in [9.17, 15) is 4.79 Å². The summed E-state index contributed by atoms with van der Waals surface area (Å²) in [5, 5.41) is 16.5. The Labute approximate surface area is 91.9 Å². The van der Waals surface area contributed by atoms with Gasteiger partial charge in [0.15, 0.2) is 0 Å². The van der Waals surface area contributed by atoms with E-state index in [1.165, 1.54) is 0 Å². The van der Waals surface area contributed by atoms with Crippen LogP contribution >= 0.6 is 11.3 Å². The van der Waals surface area contributed by atoms with Gasteiger partial charge in [-0.3, -0.25) is 4.79 Å².